The van der Waals surface area contributed by atoms with Crippen LogP contribution in [0, 0.1) is 0 Å². The predicted molar refractivity (Wildman–Crippen MR) is 122 cm³/mol. The standard InChI is InChI=1S/C24H34N4O/c1-7-18-10-14-21(15-11-18)24(2,3)17-27-23(25-4)26-16-19-8-12-20(13-9-19)22(29)28(5)6/h8-15H,7,16-17H2,1-6H3,(H2,25,26,27). The van der Waals surface area contributed by atoms with E-state index in [1.807, 2.05) is 24.3 Å². The van der Waals surface area contributed by atoms with E-state index in [1.165, 1.54) is 11.1 Å². The van der Waals surface area contributed by atoms with E-state index in [-0.39, 0.29) is 11.3 Å². The topological polar surface area (TPSA) is 56.7 Å². The first kappa shape index (κ1) is 22.5. The Morgan fingerprint density at radius 3 is 2.07 bits per heavy atom. The average Bonchev–Trinajstić information content (AvgIpc) is 2.73. The highest BCUT2D eigenvalue weighted by Gasteiger charge is 2.20. The van der Waals surface area contributed by atoms with Crippen molar-refractivity contribution in [3.8, 4) is 0 Å². The number of guanidine groups is 1. The number of carbonyl (C=O) groups excluding carboxylic acids is 1. The van der Waals surface area contributed by atoms with Gasteiger partial charge in [-0.2, -0.15) is 0 Å². The summed E-state index contributed by atoms with van der Waals surface area (Å²) in [6.07, 6.45) is 1.06. The van der Waals surface area contributed by atoms with Crippen molar-refractivity contribution in [2.75, 3.05) is 27.7 Å². The van der Waals surface area contributed by atoms with Crippen LogP contribution in [-0.2, 0) is 18.4 Å². The Kier molecular flexibility index (Phi) is 7.82. The highest BCUT2D eigenvalue weighted by atomic mass is 16.2. The van der Waals surface area contributed by atoms with Crippen molar-refractivity contribution in [3.05, 3.63) is 70.8 Å². The second-order valence-electron chi connectivity index (χ2n) is 8.11. The number of nitrogens with zero attached hydrogens (tertiary/aromatic N) is 2. The molecule has 0 aliphatic heterocycles. The molecule has 0 bridgehead atoms. The lowest BCUT2D eigenvalue weighted by Gasteiger charge is -2.27. The highest BCUT2D eigenvalue weighted by molar-refractivity contribution is 5.93. The summed E-state index contributed by atoms with van der Waals surface area (Å²) in [5.74, 6) is 0.771. The van der Waals surface area contributed by atoms with Crippen molar-refractivity contribution in [3.63, 3.8) is 0 Å². The van der Waals surface area contributed by atoms with E-state index < -0.39 is 0 Å². The predicted octanol–water partition coefficient (Wildman–Crippen LogP) is 3.59. The lowest BCUT2D eigenvalue weighted by Crippen LogP contribution is -2.43. The Hall–Kier alpha value is -2.82. The quantitative estimate of drug-likeness (QED) is 0.557. The average molecular weight is 395 g/mol. The first-order chi connectivity index (χ1) is 13.8. The summed E-state index contributed by atoms with van der Waals surface area (Å²) in [6, 6.07) is 16.5. The van der Waals surface area contributed by atoms with E-state index in [9.17, 15) is 4.79 Å². The van der Waals surface area contributed by atoms with Crippen LogP contribution in [0.4, 0.5) is 0 Å². The van der Waals surface area contributed by atoms with E-state index >= 15 is 0 Å². The number of hydrogen-bond donors (Lipinski definition) is 2. The molecule has 0 unspecified atom stereocenters. The van der Waals surface area contributed by atoms with Gasteiger partial charge in [0.15, 0.2) is 5.96 Å². The van der Waals surface area contributed by atoms with Crippen molar-refractivity contribution >= 4 is 11.9 Å². The Morgan fingerprint density at radius 2 is 1.55 bits per heavy atom. The van der Waals surface area contributed by atoms with Gasteiger partial charge < -0.3 is 15.5 Å². The maximum Gasteiger partial charge on any atom is 0.253 e. The van der Waals surface area contributed by atoms with Crippen molar-refractivity contribution in [2.24, 2.45) is 4.99 Å². The molecular weight excluding hydrogens is 360 g/mol. The van der Waals surface area contributed by atoms with Crippen molar-refractivity contribution in [1.82, 2.24) is 15.5 Å². The molecule has 0 fully saturated rings. The van der Waals surface area contributed by atoms with Crippen LogP contribution in [0.15, 0.2) is 53.5 Å². The van der Waals surface area contributed by atoms with Crippen LogP contribution in [0.1, 0.15) is 47.8 Å². The van der Waals surface area contributed by atoms with Gasteiger partial charge in [0, 0.05) is 45.2 Å². The van der Waals surface area contributed by atoms with Crippen molar-refractivity contribution < 1.29 is 4.79 Å². The molecular formula is C24H34N4O. The highest BCUT2D eigenvalue weighted by Crippen LogP contribution is 2.22. The van der Waals surface area contributed by atoms with Gasteiger partial charge in [-0.3, -0.25) is 9.79 Å². The molecule has 29 heavy (non-hydrogen) atoms. The third-order valence-electron chi connectivity index (χ3n) is 5.13. The van der Waals surface area contributed by atoms with Crippen LogP contribution in [0.5, 0.6) is 0 Å². The Morgan fingerprint density at radius 1 is 0.966 bits per heavy atom. The summed E-state index contributed by atoms with van der Waals surface area (Å²) in [6.45, 7) is 8.05. The normalized spacial score (nSPS) is 11.9. The van der Waals surface area contributed by atoms with Gasteiger partial charge in [-0.05, 0) is 35.2 Å². The van der Waals surface area contributed by atoms with Crippen LogP contribution in [0.25, 0.3) is 0 Å². The lowest BCUT2D eigenvalue weighted by atomic mass is 9.84. The molecule has 0 saturated heterocycles. The summed E-state index contributed by atoms with van der Waals surface area (Å²) in [5, 5.41) is 6.77. The van der Waals surface area contributed by atoms with Gasteiger partial charge in [0.2, 0.25) is 0 Å². The van der Waals surface area contributed by atoms with Crippen molar-refractivity contribution in [1.29, 1.82) is 0 Å². The van der Waals surface area contributed by atoms with Crippen LogP contribution in [0.3, 0.4) is 0 Å². The number of rotatable bonds is 7. The molecule has 5 heteroatoms. The van der Waals surface area contributed by atoms with Crippen LogP contribution in [0.2, 0.25) is 0 Å². The van der Waals surface area contributed by atoms with E-state index in [0.717, 1.165) is 24.5 Å². The fourth-order valence-electron chi connectivity index (χ4n) is 3.03. The van der Waals surface area contributed by atoms with E-state index in [1.54, 1.807) is 26.0 Å². The number of aryl methyl sites for hydroxylation is 1. The molecule has 0 aliphatic carbocycles. The van der Waals surface area contributed by atoms with Gasteiger partial charge in [0.25, 0.3) is 5.91 Å². The van der Waals surface area contributed by atoms with E-state index in [2.05, 4.69) is 60.7 Å². The van der Waals surface area contributed by atoms with Gasteiger partial charge in [-0.15, -0.1) is 0 Å². The fraction of sp³-hybridized carbons (Fsp3) is 0.417. The minimum Gasteiger partial charge on any atom is -0.356 e. The number of hydrogen-bond acceptors (Lipinski definition) is 2. The third kappa shape index (κ3) is 6.34. The Labute approximate surface area is 175 Å². The first-order valence-electron chi connectivity index (χ1n) is 10.1. The zero-order valence-electron chi connectivity index (χ0n) is 18.5. The summed E-state index contributed by atoms with van der Waals surface area (Å²) in [5.41, 5.74) is 4.43. The Bertz CT molecular complexity index is 821. The molecule has 5 nitrogen and oxygen atoms in total. The largest absolute Gasteiger partial charge is 0.356 e. The molecule has 2 rings (SSSR count). The number of benzene rings is 2. The molecule has 0 aliphatic rings. The second kappa shape index (κ2) is 10.1. The van der Waals surface area contributed by atoms with Crippen LogP contribution in [-0.4, -0.2) is 44.5 Å². The van der Waals surface area contributed by atoms with E-state index in [0.29, 0.717) is 12.1 Å². The molecule has 156 valence electrons. The maximum absolute atomic E-state index is 12.0. The number of nitrogens with one attached hydrogen (secondary N) is 2. The SMILES string of the molecule is CCc1ccc(C(C)(C)CNC(=NC)NCc2ccc(C(=O)N(C)C)cc2)cc1. The molecule has 2 N–H and O–H groups in total. The zero-order chi connectivity index (χ0) is 21.4. The summed E-state index contributed by atoms with van der Waals surface area (Å²) in [4.78, 5) is 17.9. The fourth-order valence-corrected chi connectivity index (χ4v) is 3.03. The van der Waals surface area contributed by atoms with Gasteiger partial charge in [0.05, 0.1) is 0 Å². The molecule has 0 heterocycles. The van der Waals surface area contributed by atoms with Gasteiger partial charge in [0.1, 0.15) is 0 Å². The van der Waals surface area contributed by atoms with Gasteiger partial charge >= 0.3 is 0 Å². The molecule has 0 radical (unpaired) electrons. The number of amides is 1. The molecule has 0 aromatic heterocycles. The number of carbonyl (C=O) groups is 1. The minimum absolute atomic E-state index is 0.0104. The minimum atomic E-state index is -0.0158. The maximum atomic E-state index is 12.0. The van der Waals surface area contributed by atoms with Gasteiger partial charge in [-0.1, -0.05) is 57.2 Å². The molecule has 1 amide bonds. The molecule has 0 atom stereocenters. The summed E-state index contributed by atoms with van der Waals surface area (Å²) in [7, 11) is 5.29. The Balaban J connectivity index is 1.91. The molecule has 0 saturated carbocycles. The third-order valence-corrected chi connectivity index (χ3v) is 5.13. The molecule has 2 aromatic carbocycles. The summed E-state index contributed by atoms with van der Waals surface area (Å²) < 4.78 is 0. The molecule has 0 spiro atoms. The smallest absolute Gasteiger partial charge is 0.253 e. The lowest BCUT2D eigenvalue weighted by molar-refractivity contribution is 0.0827. The zero-order valence-corrected chi connectivity index (χ0v) is 18.5. The van der Waals surface area contributed by atoms with Gasteiger partial charge in [-0.25, -0.2) is 0 Å². The van der Waals surface area contributed by atoms with Crippen LogP contribution < -0.4 is 10.6 Å². The monoisotopic (exact) mass is 394 g/mol. The van der Waals surface area contributed by atoms with E-state index in [4.69, 9.17) is 0 Å². The number of aliphatic imine (C=N–C) groups is 1. The van der Waals surface area contributed by atoms with Crippen LogP contribution >= 0.6 is 0 Å². The first-order valence-corrected chi connectivity index (χ1v) is 10.1. The molecule has 2 aromatic rings. The summed E-state index contributed by atoms with van der Waals surface area (Å²) >= 11 is 0. The second-order valence-corrected chi connectivity index (χ2v) is 8.11. The van der Waals surface area contributed by atoms with Crippen molar-refractivity contribution in [2.45, 2.75) is 39.2 Å².